The van der Waals surface area contributed by atoms with Crippen molar-refractivity contribution in [1.29, 1.82) is 0 Å². The summed E-state index contributed by atoms with van der Waals surface area (Å²) in [6.07, 6.45) is 4.68. The predicted molar refractivity (Wildman–Crippen MR) is 101 cm³/mol. The van der Waals surface area contributed by atoms with Crippen LogP contribution in [0.5, 0.6) is 0 Å². The number of hydrogen-bond donors (Lipinski definition) is 1. The van der Waals surface area contributed by atoms with Crippen LogP contribution in [0, 0.1) is 12.8 Å². The first-order chi connectivity index (χ1) is 13.4. The molecule has 0 aromatic carbocycles. The third kappa shape index (κ3) is 3.77. The summed E-state index contributed by atoms with van der Waals surface area (Å²) >= 11 is 0. The summed E-state index contributed by atoms with van der Waals surface area (Å²) in [5.41, 5.74) is 2.16. The van der Waals surface area contributed by atoms with Crippen LogP contribution in [0.15, 0.2) is 30.6 Å². The molecule has 4 heterocycles. The molecule has 0 bridgehead atoms. The minimum Gasteiger partial charge on any atom is -0.371 e. The first-order valence-corrected chi connectivity index (χ1v) is 9.54. The molecule has 1 spiro atoms. The second-order valence-electron chi connectivity index (χ2n) is 7.86. The molecule has 8 nitrogen and oxygen atoms in total. The predicted octanol–water partition coefficient (Wildman–Crippen LogP) is 1.06. The van der Waals surface area contributed by atoms with Gasteiger partial charge in [-0.2, -0.15) is 5.10 Å². The molecule has 1 N–H and O–H groups in total. The number of aryl methyl sites for hydroxylation is 2. The summed E-state index contributed by atoms with van der Waals surface area (Å²) in [4.78, 5) is 30.5. The Kier molecular flexibility index (Phi) is 4.89. The minimum atomic E-state index is -0.296. The molecule has 28 heavy (non-hydrogen) atoms. The van der Waals surface area contributed by atoms with E-state index in [0.29, 0.717) is 38.4 Å². The van der Waals surface area contributed by atoms with E-state index in [2.05, 4.69) is 15.4 Å². The SMILES string of the molecule is Cc1cc(C(=O)N2CC3(CC(CC(=O)NCc4ccncc4)CO3)C2)nn1C. The lowest BCUT2D eigenvalue weighted by Gasteiger charge is -2.46. The highest BCUT2D eigenvalue weighted by molar-refractivity contribution is 5.93. The van der Waals surface area contributed by atoms with E-state index in [0.717, 1.165) is 17.7 Å². The second-order valence-corrected chi connectivity index (χ2v) is 7.86. The van der Waals surface area contributed by atoms with E-state index in [4.69, 9.17) is 4.74 Å². The average molecular weight is 383 g/mol. The molecule has 1 atom stereocenters. The summed E-state index contributed by atoms with van der Waals surface area (Å²) in [7, 11) is 1.83. The van der Waals surface area contributed by atoms with Gasteiger partial charge >= 0.3 is 0 Å². The largest absolute Gasteiger partial charge is 0.371 e. The number of nitrogens with zero attached hydrogens (tertiary/aromatic N) is 4. The van der Waals surface area contributed by atoms with Crippen molar-refractivity contribution in [2.24, 2.45) is 13.0 Å². The topological polar surface area (TPSA) is 89.3 Å². The highest BCUT2D eigenvalue weighted by atomic mass is 16.5. The fourth-order valence-corrected chi connectivity index (χ4v) is 3.95. The number of likely N-dealkylation sites (tertiary alicyclic amines) is 1. The number of carbonyl (C=O) groups is 2. The van der Waals surface area contributed by atoms with E-state index < -0.39 is 0 Å². The van der Waals surface area contributed by atoms with Gasteiger partial charge in [0.25, 0.3) is 5.91 Å². The average Bonchev–Trinajstić information content (AvgIpc) is 3.23. The minimum absolute atomic E-state index is 0.0266. The molecule has 0 saturated carbocycles. The van der Waals surface area contributed by atoms with Crippen LogP contribution < -0.4 is 5.32 Å². The Morgan fingerprint density at radius 2 is 2.07 bits per heavy atom. The molecule has 2 aromatic rings. The van der Waals surface area contributed by atoms with Crippen LogP contribution in [0.3, 0.4) is 0 Å². The van der Waals surface area contributed by atoms with Gasteiger partial charge in [0.15, 0.2) is 5.69 Å². The summed E-state index contributed by atoms with van der Waals surface area (Å²) in [5, 5.41) is 7.20. The summed E-state index contributed by atoms with van der Waals surface area (Å²) in [6.45, 7) is 4.12. The molecular formula is C20H25N5O3. The second kappa shape index (κ2) is 7.35. The van der Waals surface area contributed by atoms with E-state index >= 15 is 0 Å². The fourth-order valence-electron chi connectivity index (χ4n) is 3.95. The molecule has 2 aliphatic heterocycles. The smallest absolute Gasteiger partial charge is 0.274 e. The summed E-state index contributed by atoms with van der Waals surface area (Å²) < 4.78 is 7.69. The van der Waals surface area contributed by atoms with Crippen LogP contribution in [0.2, 0.25) is 0 Å². The number of amides is 2. The zero-order valence-electron chi connectivity index (χ0n) is 16.2. The van der Waals surface area contributed by atoms with Gasteiger partial charge in [-0.1, -0.05) is 0 Å². The van der Waals surface area contributed by atoms with Crippen molar-refractivity contribution in [1.82, 2.24) is 25.0 Å². The molecule has 2 aromatic heterocycles. The fraction of sp³-hybridized carbons (Fsp3) is 0.500. The number of hydrogen-bond acceptors (Lipinski definition) is 5. The van der Waals surface area contributed by atoms with E-state index in [1.807, 2.05) is 26.1 Å². The molecule has 8 heteroatoms. The van der Waals surface area contributed by atoms with Gasteiger partial charge in [-0.3, -0.25) is 19.3 Å². The lowest BCUT2D eigenvalue weighted by Crippen LogP contribution is -2.63. The first kappa shape index (κ1) is 18.6. The zero-order valence-corrected chi connectivity index (χ0v) is 16.2. The Morgan fingerprint density at radius 3 is 2.75 bits per heavy atom. The summed E-state index contributed by atoms with van der Waals surface area (Å²) in [6, 6.07) is 5.58. The van der Waals surface area contributed by atoms with Crippen molar-refractivity contribution < 1.29 is 14.3 Å². The Hall–Kier alpha value is -2.74. The lowest BCUT2D eigenvalue weighted by molar-refractivity contribution is -0.122. The molecule has 2 fully saturated rings. The normalized spacial score (nSPS) is 20.2. The third-order valence-electron chi connectivity index (χ3n) is 5.58. The number of pyridine rings is 1. The van der Waals surface area contributed by atoms with E-state index in [-0.39, 0.29) is 23.3 Å². The molecule has 2 amide bonds. The zero-order chi connectivity index (χ0) is 19.7. The molecular weight excluding hydrogens is 358 g/mol. The maximum Gasteiger partial charge on any atom is 0.274 e. The van der Waals surface area contributed by atoms with Crippen molar-refractivity contribution in [3.8, 4) is 0 Å². The standard InChI is InChI=1S/C20H25N5O3/c1-14-7-17(23-24(14)2)19(27)25-12-20(13-25)9-16(11-28-20)8-18(26)22-10-15-3-5-21-6-4-15/h3-7,16H,8-13H2,1-2H3,(H,22,26). The molecule has 2 aliphatic rings. The quantitative estimate of drug-likeness (QED) is 0.834. The van der Waals surface area contributed by atoms with Crippen LogP contribution in [-0.2, 0) is 23.1 Å². The van der Waals surface area contributed by atoms with Crippen molar-refractivity contribution in [3.63, 3.8) is 0 Å². The van der Waals surface area contributed by atoms with E-state index in [1.54, 1.807) is 28.0 Å². The maximum atomic E-state index is 12.5. The molecule has 2 saturated heterocycles. The third-order valence-corrected chi connectivity index (χ3v) is 5.58. The maximum absolute atomic E-state index is 12.5. The van der Waals surface area contributed by atoms with Crippen molar-refractivity contribution in [2.45, 2.75) is 31.9 Å². The van der Waals surface area contributed by atoms with Gasteiger partial charge in [0.1, 0.15) is 5.60 Å². The molecule has 1 unspecified atom stereocenters. The van der Waals surface area contributed by atoms with Crippen LogP contribution in [0.4, 0.5) is 0 Å². The highest BCUT2D eigenvalue weighted by Gasteiger charge is 2.51. The van der Waals surface area contributed by atoms with Crippen molar-refractivity contribution in [3.05, 3.63) is 47.5 Å². The van der Waals surface area contributed by atoms with Gasteiger partial charge in [-0.15, -0.1) is 0 Å². The number of rotatable bonds is 5. The van der Waals surface area contributed by atoms with Crippen molar-refractivity contribution >= 4 is 11.8 Å². The Labute approximate surface area is 163 Å². The van der Waals surface area contributed by atoms with E-state index in [1.165, 1.54) is 0 Å². The number of ether oxygens (including phenoxy) is 1. The van der Waals surface area contributed by atoms with Gasteiger partial charge in [-0.25, -0.2) is 0 Å². The molecule has 148 valence electrons. The number of nitrogens with one attached hydrogen (secondary N) is 1. The molecule has 0 radical (unpaired) electrons. The lowest BCUT2D eigenvalue weighted by atomic mass is 9.85. The van der Waals surface area contributed by atoms with Gasteiger partial charge in [0.05, 0.1) is 19.7 Å². The van der Waals surface area contributed by atoms with Gasteiger partial charge in [0.2, 0.25) is 5.91 Å². The number of carbonyl (C=O) groups excluding carboxylic acids is 2. The van der Waals surface area contributed by atoms with Crippen LogP contribution in [-0.4, -0.2) is 56.8 Å². The van der Waals surface area contributed by atoms with Gasteiger partial charge < -0.3 is 15.0 Å². The molecule has 4 rings (SSSR count). The first-order valence-electron chi connectivity index (χ1n) is 9.54. The monoisotopic (exact) mass is 383 g/mol. The highest BCUT2D eigenvalue weighted by Crippen LogP contribution is 2.39. The molecule has 0 aliphatic carbocycles. The Bertz CT molecular complexity index is 854. The van der Waals surface area contributed by atoms with Crippen molar-refractivity contribution in [2.75, 3.05) is 19.7 Å². The van der Waals surface area contributed by atoms with Crippen LogP contribution in [0.25, 0.3) is 0 Å². The van der Waals surface area contributed by atoms with Crippen LogP contribution >= 0.6 is 0 Å². The number of aromatic nitrogens is 3. The summed E-state index contributed by atoms with van der Waals surface area (Å²) in [5.74, 6) is 0.155. The Balaban J connectivity index is 1.23. The Morgan fingerprint density at radius 1 is 1.32 bits per heavy atom. The van der Waals surface area contributed by atoms with Gasteiger partial charge in [0, 0.05) is 38.1 Å². The van der Waals surface area contributed by atoms with E-state index in [9.17, 15) is 9.59 Å². The van der Waals surface area contributed by atoms with Crippen LogP contribution in [0.1, 0.15) is 34.6 Å². The van der Waals surface area contributed by atoms with Gasteiger partial charge in [-0.05, 0) is 43.0 Å².